The van der Waals surface area contributed by atoms with Crippen molar-refractivity contribution >= 4 is 0 Å². The Bertz CT molecular complexity index is 546. The van der Waals surface area contributed by atoms with E-state index in [-0.39, 0.29) is 6.10 Å². The zero-order chi connectivity index (χ0) is 15.1. The molecule has 0 aliphatic heterocycles. The molecule has 0 fully saturated rings. The van der Waals surface area contributed by atoms with Crippen LogP contribution in [0.1, 0.15) is 30.0 Å². The Morgan fingerprint density at radius 3 is 2.43 bits per heavy atom. The third kappa shape index (κ3) is 5.24. The summed E-state index contributed by atoms with van der Waals surface area (Å²) in [4.78, 5) is 0. The van der Waals surface area contributed by atoms with E-state index in [1.807, 2.05) is 31.2 Å². The lowest BCUT2D eigenvalue weighted by molar-refractivity contribution is 0.139. The predicted octanol–water partition coefficient (Wildman–Crippen LogP) is 3.93. The van der Waals surface area contributed by atoms with Gasteiger partial charge in [0.2, 0.25) is 0 Å². The number of hydrogen-bond acceptors (Lipinski definition) is 2. The molecule has 1 N–H and O–H groups in total. The average Bonchev–Trinajstić information content (AvgIpc) is 2.48. The predicted molar refractivity (Wildman–Crippen MR) is 86.8 cm³/mol. The van der Waals surface area contributed by atoms with Crippen LogP contribution in [0.3, 0.4) is 0 Å². The molecule has 2 aromatic carbocycles. The maximum absolute atomic E-state index is 10.1. The van der Waals surface area contributed by atoms with Gasteiger partial charge in [-0.2, -0.15) is 0 Å². The minimum atomic E-state index is -0.359. The van der Waals surface area contributed by atoms with E-state index in [2.05, 4.69) is 31.2 Å². The molecule has 0 bridgehead atoms. The summed E-state index contributed by atoms with van der Waals surface area (Å²) < 4.78 is 5.67. The molecule has 1 atom stereocenters. The molecule has 0 aliphatic carbocycles. The molecule has 21 heavy (non-hydrogen) atoms. The van der Waals surface area contributed by atoms with Crippen LogP contribution in [-0.2, 0) is 12.8 Å². The lowest BCUT2D eigenvalue weighted by atomic mass is 10.0. The van der Waals surface area contributed by atoms with E-state index in [1.165, 1.54) is 16.7 Å². The number of benzene rings is 2. The molecule has 0 heterocycles. The van der Waals surface area contributed by atoms with E-state index in [0.29, 0.717) is 19.4 Å². The van der Waals surface area contributed by atoms with Gasteiger partial charge in [0.25, 0.3) is 0 Å². The second-order valence-corrected chi connectivity index (χ2v) is 5.48. The third-order valence-electron chi connectivity index (χ3n) is 3.61. The molecule has 1 unspecified atom stereocenters. The fourth-order valence-corrected chi connectivity index (χ4v) is 2.30. The molecular formula is C19H24O2. The first-order valence-electron chi connectivity index (χ1n) is 7.62. The Balaban J connectivity index is 1.75. The molecule has 0 spiro atoms. The summed E-state index contributed by atoms with van der Waals surface area (Å²) in [5.74, 6) is 0.870. The van der Waals surface area contributed by atoms with Crippen molar-refractivity contribution in [3.05, 3.63) is 65.2 Å². The molecule has 2 nitrogen and oxygen atoms in total. The molecule has 0 aromatic heterocycles. The van der Waals surface area contributed by atoms with Crippen molar-refractivity contribution in [2.45, 2.75) is 39.2 Å². The van der Waals surface area contributed by atoms with Crippen LogP contribution in [0.5, 0.6) is 5.75 Å². The van der Waals surface area contributed by atoms with Crippen molar-refractivity contribution in [1.29, 1.82) is 0 Å². The van der Waals surface area contributed by atoms with Crippen molar-refractivity contribution in [3.63, 3.8) is 0 Å². The number of ether oxygens (including phenoxy) is 1. The second-order valence-electron chi connectivity index (χ2n) is 5.48. The van der Waals surface area contributed by atoms with E-state index < -0.39 is 0 Å². The van der Waals surface area contributed by atoms with Crippen molar-refractivity contribution in [2.75, 3.05) is 6.61 Å². The second kappa shape index (κ2) is 7.84. The zero-order valence-corrected chi connectivity index (χ0v) is 12.9. The van der Waals surface area contributed by atoms with E-state index >= 15 is 0 Å². The quantitative estimate of drug-likeness (QED) is 0.834. The molecule has 2 aromatic rings. The lowest BCUT2D eigenvalue weighted by Crippen LogP contribution is -2.14. The Morgan fingerprint density at radius 1 is 1.05 bits per heavy atom. The third-order valence-corrected chi connectivity index (χ3v) is 3.61. The van der Waals surface area contributed by atoms with Gasteiger partial charge in [-0.3, -0.25) is 0 Å². The van der Waals surface area contributed by atoms with Crippen LogP contribution in [-0.4, -0.2) is 17.8 Å². The summed E-state index contributed by atoms with van der Waals surface area (Å²) in [7, 11) is 0. The first-order valence-corrected chi connectivity index (χ1v) is 7.62. The molecule has 2 heteroatoms. The average molecular weight is 284 g/mol. The van der Waals surface area contributed by atoms with Gasteiger partial charge in [0.15, 0.2) is 0 Å². The van der Waals surface area contributed by atoms with Crippen LogP contribution in [0.25, 0.3) is 0 Å². The lowest BCUT2D eigenvalue weighted by Gasteiger charge is -2.12. The standard InChI is InChI=1S/C19H24O2/c1-3-16-7-9-17(10-8-16)14-18(20)11-12-21-19-6-4-5-15(2)13-19/h4-10,13,18,20H,3,11-12,14H2,1-2H3. The fraction of sp³-hybridized carbons (Fsp3) is 0.368. The van der Waals surface area contributed by atoms with Crippen LogP contribution in [0.4, 0.5) is 0 Å². The van der Waals surface area contributed by atoms with Crippen molar-refractivity contribution in [3.8, 4) is 5.75 Å². The topological polar surface area (TPSA) is 29.5 Å². The maximum Gasteiger partial charge on any atom is 0.119 e. The molecule has 0 saturated carbocycles. The van der Waals surface area contributed by atoms with E-state index in [0.717, 1.165) is 12.2 Å². The highest BCUT2D eigenvalue weighted by molar-refractivity contribution is 5.27. The van der Waals surface area contributed by atoms with Crippen molar-refractivity contribution < 1.29 is 9.84 Å². The number of hydrogen-bond donors (Lipinski definition) is 1. The van der Waals surface area contributed by atoms with Gasteiger partial charge in [-0.25, -0.2) is 0 Å². The number of aryl methyl sites for hydroxylation is 2. The van der Waals surface area contributed by atoms with Gasteiger partial charge in [0.05, 0.1) is 12.7 Å². The molecular weight excluding hydrogens is 260 g/mol. The smallest absolute Gasteiger partial charge is 0.119 e. The van der Waals surface area contributed by atoms with Gasteiger partial charge in [-0.1, -0.05) is 43.3 Å². The van der Waals surface area contributed by atoms with Gasteiger partial charge in [-0.15, -0.1) is 0 Å². The van der Waals surface area contributed by atoms with Crippen LogP contribution < -0.4 is 4.74 Å². The molecule has 0 aliphatic rings. The van der Waals surface area contributed by atoms with Crippen LogP contribution in [0, 0.1) is 6.92 Å². The zero-order valence-electron chi connectivity index (χ0n) is 12.9. The Labute approximate surface area is 127 Å². The van der Waals surface area contributed by atoms with Gasteiger partial charge in [-0.05, 0) is 48.6 Å². The molecule has 2 rings (SSSR count). The summed E-state index contributed by atoms with van der Waals surface area (Å²) in [6.45, 7) is 4.73. The van der Waals surface area contributed by atoms with Crippen LogP contribution >= 0.6 is 0 Å². The van der Waals surface area contributed by atoms with Crippen molar-refractivity contribution in [2.24, 2.45) is 0 Å². The summed E-state index contributed by atoms with van der Waals surface area (Å²) in [6, 6.07) is 16.4. The maximum atomic E-state index is 10.1. The van der Waals surface area contributed by atoms with E-state index in [1.54, 1.807) is 0 Å². The number of aliphatic hydroxyl groups excluding tert-OH is 1. The van der Waals surface area contributed by atoms with Crippen LogP contribution in [0.2, 0.25) is 0 Å². The number of aliphatic hydroxyl groups is 1. The van der Waals surface area contributed by atoms with Gasteiger partial charge in [0, 0.05) is 6.42 Å². The monoisotopic (exact) mass is 284 g/mol. The largest absolute Gasteiger partial charge is 0.493 e. The Hall–Kier alpha value is -1.80. The highest BCUT2D eigenvalue weighted by Crippen LogP contribution is 2.14. The Kier molecular flexibility index (Phi) is 5.82. The first-order chi connectivity index (χ1) is 10.2. The molecule has 0 amide bonds. The molecule has 0 radical (unpaired) electrons. The van der Waals surface area contributed by atoms with Gasteiger partial charge in [0.1, 0.15) is 5.75 Å². The van der Waals surface area contributed by atoms with Crippen molar-refractivity contribution in [1.82, 2.24) is 0 Å². The van der Waals surface area contributed by atoms with E-state index in [9.17, 15) is 5.11 Å². The summed E-state index contributed by atoms with van der Waals surface area (Å²) in [5.41, 5.74) is 3.69. The molecule has 0 saturated heterocycles. The highest BCUT2D eigenvalue weighted by Gasteiger charge is 2.06. The van der Waals surface area contributed by atoms with Gasteiger partial charge < -0.3 is 9.84 Å². The summed E-state index contributed by atoms with van der Waals surface area (Å²) in [5, 5.41) is 10.1. The minimum Gasteiger partial charge on any atom is -0.493 e. The van der Waals surface area contributed by atoms with Gasteiger partial charge >= 0.3 is 0 Å². The Morgan fingerprint density at radius 2 is 1.76 bits per heavy atom. The molecule has 112 valence electrons. The summed E-state index contributed by atoms with van der Waals surface area (Å²) >= 11 is 0. The van der Waals surface area contributed by atoms with Crippen LogP contribution in [0.15, 0.2) is 48.5 Å². The summed E-state index contributed by atoms with van der Waals surface area (Å²) in [6.07, 6.45) is 2.01. The SMILES string of the molecule is CCc1ccc(CC(O)CCOc2cccc(C)c2)cc1. The van der Waals surface area contributed by atoms with E-state index in [4.69, 9.17) is 4.74 Å². The fourth-order valence-electron chi connectivity index (χ4n) is 2.30. The first kappa shape index (κ1) is 15.6. The minimum absolute atomic E-state index is 0.359. The highest BCUT2D eigenvalue weighted by atomic mass is 16.5. The number of rotatable bonds is 7. The normalized spacial score (nSPS) is 12.1.